The minimum atomic E-state index is -0.787. The Labute approximate surface area is 126 Å². The van der Waals surface area contributed by atoms with Crippen LogP contribution >= 0.6 is 0 Å². The van der Waals surface area contributed by atoms with Gasteiger partial charge in [0, 0.05) is 20.1 Å². The SMILES string of the molecule is CC1OCCC1N(C)C(=O)CC1(CC(=O)O)CCCCC1. The summed E-state index contributed by atoms with van der Waals surface area (Å²) in [6.07, 6.45) is 6.35. The van der Waals surface area contributed by atoms with Gasteiger partial charge in [-0.1, -0.05) is 19.3 Å². The van der Waals surface area contributed by atoms with E-state index in [4.69, 9.17) is 4.74 Å². The minimum Gasteiger partial charge on any atom is -0.481 e. The third-order valence-corrected chi connectivity index (χ3v) is 5.19. The molecule has 1 heterocycles. The number of hydrogen-bond acceptors (Lipinski definition) is 3. The van der Waals surface area contributed by atoms with Crippen LogP contribution in [-0.2, 0) is 14.3 Å². The summed E-state index contributed by atoms with van der Waals surface area (Å²) < 4.78 is 5.53. The molecule has 1 saturated heterocycles. The zero-order valence-electron chi connectivity index (χ0n) is 13.1. The van der Waals surface area contributed by atoms with E-state index in [1.165, 1.54) is 0 Å². The molecule has 1 saturated carbocycles. The van der Waals surface area contributed by atoms with Gasteiger partial charge in [-0.2, -0.15) is 0 Å². The Morgan fingerprint density at radius 3 is 2.43 bits per heavy atom. The number of amides is 1. The maximum absolute atomic E-state index is 12.6. The van der Waals surface area contributed by atoms with Gasteiger partial charge in [0.05, 0.1) is 18.6 Å². The molecule has 5 nitrogen and oxygen atoms in total. The van der Waals surface area contributed by atoms with Crippen LogP contribution in [0, 0.1) is 5.41 Å². The predicted octanol–water partition coefficient (Wildman–Crippen LogP) is 2.44. The molecule has 21 heavy (non-hydrogen) atoms. The van der Waals surface area contributed by atoms with E-state index >= 15 is 0 Å². The van der Waals surface area contributed by atoms with Gasteiger partial charge in [-0.15, -0.1) is 0 Å². The van der Waals surface area contributed by atoms with E-state index in [1.807, 2.05) is 14.0 Å². The van der Waals surface area contributed by atoms with Gasteiger partial charge < -0.3 is 14.7 Å². The molecule has 2 fully saturated rings. The van der Waals surface area contributed by atoms with E-state index in [2.05, 4.69) is 0 Å². The van der Waals surface area contributed by atoms with Crippen molar-refractivity contribution in [1.82, 2.24) is 4.90 Å². The fourth-order valence-electron chi connectivity index (χ4n) is 3.90. The van der Waals surface area contributed by atoms with Gasteiger partial charge in [0.25, 0.3) is 0 Å². The Hall–Kier alpha value is -1.10. The van der Waals surface area contributed by atoms with Crippen molar-refractivity contribution >= 4 is 11.9 Å². The van der Waals surface area contributed by atoms with Gasteiger partial charge in [0.2, 0.25) is 5.91 Å². The normalized spacial score (nSPS) is 28.3. The molecule has 1 amide bonds. The molecular formula is C16H27NO4. The molecule has 0 bridgehead atoms. The first-order valence-electron chi connectivity index (χ1n) is 8.03. The van der Waals surface area contributed by atoms with Crippen LogP contribution in [0.25, 0.3) is 0 Å². The van der Waals surface area contributed by atoms with Crippen LogP contribution in [0.4, 0.5) is 0 Å². The van der Waals surface area contributed by atoms with E-state index in [1.54, 1.807) is 4.90 Å². The molecule has 0 spiro atoms. The number of rotatable bonds is 5. The molecule has 2 unspecified atom stereocenters. The second-order valence-corrected chi connectivity index (χ2v) is 6.74. The lowest BCUT2D eigenvalue weighted by atomic mass is 9.69. The van der Waals surface area contributed by atoms with Gasteiger partial charge in [-0.25, -0.2) is 0 Å². The lowest BCUT2D eigenvalue weighted by molar-refractivity contribution is -0.143. The highest BCUT2D eigenvalue weighted by Crippen LogP contribution is 2.43. The summed E-state index contributed by atoms with van der Waals surface area (Å²) in [6.45, 7) is 2.69. The standard InChI is InChI=1S/C16H27NO4/c1-12-13(6-9-21-12)17(2)14(18)10-16(11-15(19)20)7-4-3-5-8-16/h12-13H,3-11H2,1-2H3,(H,19,20). The van der Waals surface area contributed by atoms with E-state index < -0.39 is 5.97 Å². The first-order valence-corrected chi connectivity index (χ1v) is 8.03. The van der Waals surface area contributed by atoms with Crippen molar-refractivity contribution < 1.29 is 19.4 Å². The third kappa shape index (κ3) is 3.96. The number of ether oxygens (including phenoxy) is 1. The molecule has 120 valence electrons. The van der Waals surface area contributed by atoms with Crippen LogP contribution in [0.3, 0.4) is 0 Å². The topological polar surface area (TPSA) is 66.8 Å². The summed E-state index contributed by atoms with van der Waals surface area (Å²) in [7, 11) is 1.83. The molecule has 0 aromatic heterocycles. The molecular weight excluding hydrogens is 270 g/mol. The number of hydrogen-bond donors (Lipinski definition) is 1. The maximum atomic E-state index is 12.6. The fraction of sp³-hybridized carbons (Fsp3) is 0.875. The first-order chi connectivity index (χ1) is 9.93. The van der Waals surface area contributed by atoms with E-state index in [0.717, 1.165) is 38.5 Å². The maximum Gasteiger partial charge on any atom is 0.303 e. The van der Waals surface area contributed by atoms with Crippen molar-refractivity contribution in [1.29, 1.82) is 0 Å². The summed E-state index contributed by atoms with van der Waals surface area (Å²) in [4.78, 5) is 25.6. The van der Waals surface area contributed by atoms with Crippen LogP contribution in [0.15, 0.2) is 0 Å². The van der Waals surface area contributed by atoms with E-state index in [-0.39, 0.29) is 29.9 Å². The van der Waals surface area contributed by atoms with Gasteiger partial charge in [-0.3, -0.25) is 9.59 Å². The lowest BCUT2D eigenvalue weighted by Crippen LogP contribution is -2.43. The second kappa shape index (κ2) is 6.77. The minimum absolute atomic E-state index is 0.0699. The summed E-state index contributed by atoms with van der Waals surface area (Å²) in [5.74, 6) is -0.717. The number of likely N-dealkylation sites (N-methyl/N-ethyl adjacent to an activating group) is 1. The Bertz CT molecular complexity index is 390. The highest BCUT2D eigenvalue weighted by molar-refractivity contribution is 5.78. The molecule has 1 aliphatic carbocycles. The van der Waals surface area contributed by atoms with Crippen molar-refractivity contribution in [2.24, 2.45) is 5.41 Å². The van der Waals surface area contributed by atoms with Crippen molar-refractivity contribution in [3.8, 4) is 0 Å². The highest BCUT2D eigenvalue weighted by atomic mass is 16.5. The number of carboxylic acid groups (broad SMARTS) is 1. The van der Waals surface area contributed by atoms with Crippen LogP contribution in [0.1, 0.15) is 58.3 Å². The monoisotopic (exact) mass is 297 g/mol. The molecule has 0 radical (unpaired) electrons. The molecule has 5 heteroatoms. The summed E-state index contributed by atoms with van der Waals surface area (Å²) in [5, 5.41) is 9.19. The Balaban J connectivity index is 2.01. The van der Waals surface area contributed by atoms with Crippen molar-refractivity contribution in [3.63, 3.8) is 0 Å². The predicted molar refractivity (Wildman–Crippen MR) is 79.0 cm³/mol. The molecule has 0 aromatic carbocycles. The summed E-state index contributed by atoms with van der Waals surface area (Å²) in [6, 6.07) is 0.128. The van der Waals surface area contributed by atoms with Crippen molar-refractivity contribution in [2.75, 3.05) is 13.7 Å². The number of carbonyl (C=O) groups excluding carboxylic acids is 1. The molecule has 1 aliphatic heterocycles. The fourth-order valence-corrected chi connectivity index (χ4v) is 3.90. The van der Waals surface area contributed by atoms with Crippen molar-refractivity contribution in [3.05, 3.63) is 0 Å². The Kier molecular flexibility index (Phi) is 5.25. The summed E-state index contributed by atoms with van der Waals surface area (Å²) >= 11 is 0. The third-order valence-electron chi connectivity index (χ3n) is 5.19. The average molecular weight is 297 g/mol. The molecule has 2 aliphatic rings. The van der Waals surface area contributed by atoms with E-state index in [0.29, 0.717) is 13.0 Å². The summed E-state index contributed by atoms with van der Waals surface area (Å²) in [5.41, 5.74) is -0.335. The molecule has 0 aromatic rings. The van der Waals surface area contributed by atoms with E-state index in [9.17, 15) is 14.7 Å². The second-order valence-electron chi connectivity index (χ2n) is 6.74. The van der Waals surface area contributed by atoms with Crippen LogP contribution in [0.5, 0.6) is 0 Å². The van der Waals surface area contributed by atoms with Gasteiger partial charge in [0.1, 0.15) is 0 Å². The van der Waals surface area contributed by atoms with Crippen LogP contribution in [0.2, 0.25) is 0 Å². The molecule has 1 N–H and O–H groups in total. The number of aliphatic carboxylic acids is 1. The van der Waals surface area contributed by atoms with Gasteiger partial charge in [0.15, 0.2) is 0 Å². The Morgan fingerprint density at radius 2 is 1.90 bits per heavy atom. The zero-order valence-corrected chi connectivity index (χ0v) is 13.1. The highest BCUT2D eigenvalue weighted by Gasteiger charge is 2.39. The number of carbonyl (C=O) groups is 2. The molecule has 2 rings (SSSR count). The smallest absolute Gasteiger partial charge is 0.303 e. The van der Waals surface area contributed by atoms with Crippen LogP contribution in [-0.4, -0.2) is 47.7 Å². The van der Waals surface area contributed by atoms with Gasteiger partial charge in [-0.05, 0) is 31.6 Å². The average Bonchev–Trinajstić information content (AvgIpc) is 2.84. The largest absolute Gasteiger partial charge is 0.481 e. The first kappa shape index (κ1) is 16.3. The van der Waals surface area contributed by atoms with Gasteiger partial charge >= 0.3 is 5.97 Å². The quantitative estimate of drug-likeness (QED) is 0.846. The lowest BCUT2D eigenvalue weighted by Gasteiger charge is -2.38. The number of carboxylic acids is 1. The molecule has 2 atom stereocenters. The zero-order chi connectivity index (χ0) is 15.5. The van der Waals surface area contributed by atoms with Crippen LogP contribution < -0.4 is 0 Å². The van der Waals surface area contributed by atoms with Crippen molar-refractivity contribution in [2.45, 2.75) is 70.4 Å². The Morgan fingerprint density at radius 1 is 1.24 bits per heavy atom. The number of nitrogens with zero attached hydrogens (tertiary/aromatic N) is 1.